The molecule has 2 atom stereocenters. The molecule has 0 aromatic rings. The van der Waals surface area contributed by atoms with Gasteiger partial charge in [-0.1, -0.05) is 13.8 Å². The first kappa shape index (κ1) is 8.76. The van der Waals surface area contributed by atoms with E-state index in [1.165, 1.54) is 0 Å². The van der Waals surface area contributed by atoms with Gasteiger partial charge in [0.05, 0.1) is 5.92 Å². The number of aliphatic carboxylic acids is 1. The van der Waals surface area contributed by atoms with Gasteiger partial charge in [-0.15, -0.1) is 11.6 Å². The van der Waals surface area contributed by atoms with E-state index in [1.807, 2.05) is 6.92 Å². The normalized spacial score (nSPS) is 16.8. The first-order valence-corrected chi connectivity index (χ1v) is 3.40. The van der Waals surface area contributed by atoms with Gasteiger partial charge in [0.1, 0.15) is 0 Å². The molecule has 0 aromatic heterocycles. The fourth-order valence-corrected chi connectivity index (χ4v) is 0.616. The molecule has 2 nitrogen and oxygen atoms in total. The van der Waals surface area contributed by atoms with Gasteiger partial charge in [0.2, 0.25) is 0 Å². The Hall–Kier alpha value is -0.240. The number of carboxylic acids is 1. The molecule has 0 spiro atoms. The van der Waals surface area contributed by atoms with Gasteiger partial charge in [0.15, 0.2) is 0 Å². The number of carboxylic acid groups (broad SMARTS) is 1. The third-order valence-electron chi connectivity index (χ3n) is 1.32. The van der Waals surface area contributed by atoms with Crippen molar-refractivity contribution in [2.75, 3.05) is 0 Å². The van der Waals surface area contributed by atoms with Crippen LogP contribution in [0.15, 0.2) is 0 Å². The number of rotatable bonds is 3. The molecule has 0 heterocycles. The first-order chi connectivity index (χ1) is 4.09. The Morgan fingerprint density at radius 3 is 2.33 bits per heavy atom. The van der Waals surface area contributed by atoms with Crippen molar-refractivity contribution in [1.82, 2.24) is 0 Å². The van der Waals surface area contributed by atoms with Crippen molar-refractivity contribution in [3.05, 3.63) is 0 Å². The van der Waals surface area contributed by atoms with Crippen molar-refractivity contribution in [2.24, 2.45) is 5.92 Å². The Bertz CT molecular complexity index is 103. The first-order valence-electron chi connectivity index (χ1n) is 2.96. The maximum atomic E-state index is 10.2. The van der Waals surface area contributed by atoms with E-state index in [0.717, 1.165) is 0 Å². The summed E-state index contributed by atoms with van der Waals surface area (Å²) in [7, 11) is 0. The predicted molar refractivity (Wildman–Crippen MR) is 36.7 cm³/mol. The fraction of sp³-hybridized carbons (Fsp3) is 0.833. The summed E-state index contributed by atoms with van der Waals surface area (Å²) in [5.74, 6) is -1.26. The van der Waals surface area contributed by atoms with Crippen molar-refractivity contribution in [3.8, 4) is 0 Å². The maximum Gasteiger partial charge on any atom is 0.307 e. The second-order valence-electron chi connectivity index (χ2n) is 2.05. The lowest BCUT2D eigenvalue weighted by molar-refractivity contribution is -0.141. The molecule has 2 unspecified atom stereocenters. The van der Waals surface area contributed by atoms with Gasteiger partial charge in [0.25, 0.3) is 0 Å². The summed E-state index contributed by atoms with van der Waals surface area (Å²) in [5.41, 5.74) is 0. The second-order valence-corrected chi connectivity index (χ2v) is 2.61. The number of halogens is 1. The zero-order chi connectivity index (χ0) is 7.44. The van der Waals surface area contributed by atoms with Crippen LogP contribution in [0, 0.1) is 5.92 Å². The highest BCUT2D eigenvalue weighted by Crippen LogP contribution is 2.13. The van der Waals surface area contributed by atoms with Crippen molar-refractivity contribution < 1.29 is 9.90 Å². The van der Waals surface area contributed by atoms with Crippen LogP contribution in [-0.4, -0.2) is 16.5 Å². The highest BCUT2D eigenvalue weighted by atomic mass is 35.5. The van der Waals surface area contributed by atoms with Gasteiger partial charge in [-0.3, -0.25) is 4.79 Å². The van der Waals surface area contributed by atoms with Crippen molar-refractivity contribution in [3.63, 3.8) is 0 Å². The lowest BCUT2D eigenvalue weighted by atomic mass is 10.1. The average molecular weight is 151 g/mol. The average Bonchev–Trinajstić information content (AvgIpc) is 1.84. The highest BCUT2D eigenvalue weighted by Gasteiger charge is 2.18. The molecule has 54 valence electrons. The number of carbonyl (C=O) groups is 1. The number of alkyl halides is 1. The van der Waals surface area contributed by atoms with E-state index < -0.39 is 11.9 Å². The predicted octanol–water partition coefficient (Wildman–Crippen LogP) is 1.72. The Balaban J connectivity index is 3.72. The molecule has 0 aliphatic heterocycles. The lowest BCUT2D eigenvalue weighted by Gasteiger charge is -2.09. The van der Waals surface area contributed by atoms with E-state index in [0.29, 0.717) is 6.42 Å². The quantitative estimate of drug-likeness (QED) is 0.623. The number of hydrogen-bond donors (Lipinski definition) is 1. The molecule has 0 aliphatic rings. The second kappa shape index (κ2) is 3.72. The smallest absolute Gasteiger partial charge is 0.307 e. The summed E-state index contributed by atoms with van der Waals surface area (Å²) in [6, 6.07) is 0. The molecule has 1 N–H and O–H groups in total. The third-order valence-corrected chi connectivity index (χ3v) is 2.01. The lowest BCUT2D eigenvalue weighted by Crippen LogP contribution is -2.19. The van der Waals surface area contributed by atoms with Crippen LogP contribution < -0.4 is 0 Å². The van der Waals surface area contributed by atoms with E-state index in [9.17, 15) is 4.79 Å². The molecule has 0 fully saturated rings. The Kier molecular flexibility index (Phi) is 3.62. The highest BCUT2D eigenvalue weighted by molar-refractivity contribution is 6.21. The van der Waals surface area contributed by atoms with Crippen LogP contribution in [0.25, 0.3) is 0 Å². The fourth-order valence-electron chi connectivity index (χ4n) is 0.508. The van der Waals surface area contributed by atoms with Gasteiger partial charge in [-0.25, -0.2) is 0 Å². The summed E-state index contributed by atoms with van der Waals surface area (Å²) < 4.78 is 0. The van der Waals surface area contributed by atoms with Crippen LogP contribution >= 0.6 is 11.6 Å². The summed E-state index contributed by atoms with van der Waals surface area (Å²) >= 11 is 5.63. The summed E-state index contributed by atoms with van der Waals surface area (Å²) in [5, 5.41) is 8.17. The third kappa shape index (κ3) is 2.70. The Morgan fingerprint density at radius 2 is 2.22 bits per heavy atom. The largest absolute Gasteiger partial charge is 0.481 e. The van der Waals surface area contributed by atoms with Gasteiger partial charge in [-0.05, 0) is 6.42 Å². The summed E-state index contributed by atoms with van der Waals surface area (Å²) in [6.45, 7) is 3.49. The van der Waals surface area contributed by atoms with Crippen molar-refractivity contribution >= 4 is 17.6 Å². The topological polar surface area (TPSA) is 37.3 Å². The summed E-state index contributed by atoms with van der Waals surface area (Å²) in [4.78, 5) is 10.2. The van der Waals surface area contributed by atoms with Crippen LogP contribution in [0.2, 0.25) is 0 Å². The standard InChI is InChI=1S/C6H11ClO2/c1-3-5(7)4(2)6(8)9/h4-5H,3H2,1-2H3,(H,8,9). The minimum atomic E-state index is -0.822. The van der Waals surface area contributed by atoms with Crippen LogP contribution in [0.3, 0.4) is 0 Å². The molecule has 3 heteroatoms. The minimum absolute atomic E-state index is 0.234. The molecule has 0 amide bonds. The van der Waals surface area contributed by atoms with Crippen molar-refractivity contribution in [1.29, 1.82) is 0 Å². The molecular formula is C6H11ClO2. The van der Waals surface area contributed by atoms with E-state index in [2.05, 4.69) is 0 Å². The zero-order valence-corrected chi connectivity index (χ0v) is 6.35. The molecule has 0 saturated heterocycles. The van der Waals surface area contributed by atoms with Crippen molar-refractivity contribution in [2.45, 2.75) is 25.6 Å². The molecule has 0 aliphatic carbocycles. The number of hydrogen-bond acceptors (Lipinski definition) is 1. The van der Waals surface area contributed by atoms with Crippen LogP contribution in [-0.2, 0) is 4.79 Å². The molecule has 0 aromatic carbocycles. The SMILES string of the molecule is CCC(Cl)C(C)C(=O)O. The van der Waals surface area contributed by atoms with E-state index >= 15 is 0 Å². The van der Waals surface area contributed by atoms with E-state index in [-0.39, 0.29) is 5.38 Å². The molecule has 9 heavy (non-hydrogen) atoms. The van der Waals surface area contributed by atoms with Crippen LogP contribution in [0.1, 0.15) is 20.3 Å². The summed E-state index contributed by atoms with van der Waals surface area (Å²) in [6.07, 6.45) is 0.703. The zero-order valence-electron chi connectivity index (χ0n) is 5.60. The van der Waals surface area contributed by atoms with Gasteiger partial charge in [-0.2, -0.15) is 0 Å². The molecule has 0 rings (SSSR count). The van der Waals surface area contributed by atoms with E-state index in [4.69, 9.17) is 16.7 Å². The molecule has 0 bridgehead atoms. The molecule has 0 saturated carbocycles. The molecular weight excluding hydrogens is 140 g/mol. The molecule has 0 radical (unpaired) electrons. The Morgan fingerprint density at radius 1 is 1.78 bits per heavy atom. The van der Waals surface area contributed by atoms with Gasteiger partial charge < -0.3 is 5.11 Å². The Labute approximate surface area is 59.8 Å². The van der Waals surface area contributed by atoms with Gasteiger partial charge in [0, 0.05) is 5.38 Å². The monoisotopic (exact) mass is 150 g/mol. The van der Waals surface area contributed by atoms with E-state index in [1.54, 1.807) is 6.92 Å². The van der Waals surface area contributed by atoms with Gasteiger partial charge >= 0.3 is 5.97 Å². The maximum absolute atomic E-state index is 10.2. The minimum Gasteiger partial charge on any atom is -0.481 e. The van der Waals surface area contributed by atoms with Crippen LogP contribution in [0.5, 0.6) is 0 Å². The van der Waals surface area contributed by atoms with Crippen LogP contribution in [0.4, 0.5) is 0 Å².